The zero-order chi connectivity index (χ0) is 14.7. The molecule has 21 heavy (non-hydrogen) atoms. The second-order valence-corrected chi connectivity index (χ2v) is 5.45. The van der Waals surface area contributed by atoms with E-state index in [2.05, 4.69) is 0 Å². The lowest BCUT2D eigenvalue weighted by molar-refractivity contribution is 0.178. The van der Waals surface area contributed by atoms with Crippen LogP contribution >= 0.6 is 0 Å². The molecule has 110 valence electrons. The van der Waals surface area contributed by atoms with Crippen molar-refractivity contribution < 1.29 is 14.6 Å². The largest absolute Gasteiger partial charge is 0.497 e. The molecular formula is C18H20O3. The van der Waals surface area contributed by atoms with E-state index in [4.69, 9.17) is 9.47 Å². The third kappa shape index (κ3) is 3.76. The smallest absolute Gasteiger partial charge is 0.119 e. The van der Waals surface area contributed by atoms with Crippen LogP contribution in [-0.2, 0) is 6.42 Å². The molecule has 0 heterocycles. The van der Waals surface area contributed by atoms with Crippen molar-refractivity contribution in [2.45, 2.75) is 31.5 Å². The Balaban J connectivity index is 1.61. The first-order chi connectivity index (χ1) is 10.2. The average Bonchev–Trinajstić information content (AvgIpc) is 3.33. The van der Waals surface area contributed by atoms with E-state index in [0.29, 0.717) is 12.5 Å². The fraction of sp³-hybridized carbons (Fsp3) is 0.333. The molecule has 2 aromatic rings. The fourth-order valence-corrected chi connectivity index (χ4v) is 2.25. The predicted octanol–water partition coefficient (Wildman–Crippen LogP) is 3.51. The number of aliphatic hydroxyl groups excluding tert-OH is 1. The Kier molecular flexibility index (Phi) is 4.11. The van der Waals surface area contributed by atoms with Crippen LogP contribution in [0, 0.1) is 0 Å². The molecule has 1 aliphatic rings. The highest BCUT2D eigenvalue weighted by molar-refractivity contribution is 5.31. The van der Waals surface area contributed by atoms with Gasteiger partial charge in [0, 0.05) is 6.42 Å². The number of aliphatic hydroxyl groups is 1. The molecule has 0 aromatic heterocycles. The molecule has 1 unspecified atom stereocenters. The first kappa shape index (κ1) is 14.0. The number of rotatable bonds is 6. The standard InChI is InChI=1S/C18H20O3/c1-20-15-6-2-13(3-7-15)12-18(19)14-4-8-16(9-5-14)21-17-10-11-17/h2-9,17-19H,10-12H2,1H3. The lowest BCUT2D eigenvalue weighted by Crippen LogP contribution is -2.02. The van der Waals surface area contributed by atoms with Crippen molar-refractivity contribution in [3.05, 3.63) is 59.7 Å². The zero-order valence-electron chi connectivity index (χ0n) is 12.2. The Morgan fingerprint density at radius 1 is 1.00 bits per heavy atom. The quantitative estimate of drug-likeness (QED) is 0.882. The molecular weight excluding hydrogens is 264 g/mol. The van der Waals surface area contributed by atoms with E-state index >= 15 is 0 Å². The Hall–Kier alpha value is -2.00. The van der Waals surface area contributed by atoms with Gasteiger partial charge in [0.05, 0.1) is 19.3 Å². The van der Waals surface area contributed by atoms with Gasteiger partial charge >= 0.3 is 0 Å². The Morgan fingerprint density at radius 3 is 2.19 bits per heavy atom. The molecule has 0 aliphatic heterocycles. The van der Waals surface area contributed by atoms with Gasteiger partial charge in [-0.3, -0.25) is 0 Å². The number of hydrogen-bond acceptors (Lipinski definition) is 3. The Labute approximate surface area is 125 Å². The van der Waals surface area contributed by atoms with Crippen LogP contribution in [-0.4, -0.2) is 18.3 Å². The molecule has 1 atom stereocenters. The lowest BCUT2D eigenvalue weighted by Gasteiger charge is -2.12. The fourth-order valence-electron chi connectivity index (χ4n) is 2.25. The first-order valence-electron chi connectivity index (χ1n) is 7.32. The zero-order valence-corrected chi connectivity index (χ0v) is 12.2. The molecule has 2 aromatic carbocycles. The molecule has 1 aliphatic carbocycles. The van der Waals surface area contributed by atoms with Crippen molar-refractivity contribution in [3.8, 4) is 11.5 Å². The van der Waals surface area contributed by atoms with Crippen molar-refractivity contribution in [1.29, 1.82) is 0 Å². The molecule has 0 bridgehead atoms. The van der Waals surface area contributed by atoms with E-state index in [0.717, 1.165) is 35.5 Å². The van der Waals surface area contributed by atoms with Gasteiger partial charge in [0.2, 0.25) is 0 Å². The summed E-state index contributed by atoms with van der Waals surface area (Å²) in [6, 6.07) is 15.5. The summed E-state index contributed by atoms with van der Waals surface area (Å²) >= 11 is 0. The number of benzene rings is 2. The molecule has 1 saturated carbocycles. The van der Waals surface area contributed by atoms with Crippen molar-refractivity contribution in [1.82, 2.24) is 0 Å². The highest BCUT2D eigenvalue weighted by Gasteiger charge is 2.23. The number of methoxy groups -OCH3 is 1. The summed E-state index contributed by atoms with van der Waals surface area (Å²) in [4.78, 5) is 0. The molecule has 3 rings (SSSR count). The van der Waals surface area contributed by atoms with E-state index in [1.54, 1.807) is 7.11 Å². The monoisotopic (exact) mass is 284 g/mol. The van der Waals surface area contributed by atoms with Crippen molar-refractivity contribution in [2.24, 2.45) is 0 Å². The second kappa shape index (κ2) is 6.19. The number of hydrogen-bond donors (Lipinski definition) is 1. The molecule has 1 fully saturated rings. The van der Waals surface area contributed by atoms with Gasteiger partial charge in [0.15, 0.2) is 0 Å². The highest BCUT2D eigenvalue weighted by atomic mass is 16.5. The summed E-state index contributed by atoms with van der Waals surface area (Å²) in [5.74, 6) is 1.72. The summed E-state index contributed by atoms with van der Waals surface area (Å²) in [6.07, 6.45) is 2.80. The molecule has 0 radical (unpaired) electrons. The summed E-state index contributed by atoms with van der Waals surface area (Å²) in [5.41, 5.74) is 2.00. The van der Waals surface area contributed by atoms with Crippen LogP contribution in [0.2, 0.25) is 0 Å². The van der Waals surface area contributed by atoms with Crippen LogP contribution in [0.1, 0.15) is 30.1 Å². The minimum absolute atomic E-state index is 0.403. The van der Waals surface area contributed by atoms with Gasteiger partial charge < -0.3 is 14.6 Å². The highest BCUT2D eigenvalue weighted by Crippen LogP contribution is 2.28. The molecule has 0 spiro atoms. The summed E-state index contributed by atoms with van der Waals surface area (Å²) in [6.45, 7) is 0. The van der Waals surface area contributed by atoms with Crippen molar-refractivity contribution in [3.63, 3.8) is 0 Å². The second-order valence-electron chi connectivity index (χ2n) is 5.45. The van der Waals surface area contributed by atoms with Crippen LogP contribution in [0.5, 0.6) is 11.5 Å². The minimum atomic E-state index is -0.506. The van der Waals surface area contributed by atoms with Crippen molar-refractivity contribution >= 4 is 0 Å². The topological polar surface area (TPSA) is 38.7 Å². The molecule has 0 amide bonds. The van der Waals surface area contributed by atoms with Crippen LogP contribution < -0.4 is 9.47 Å². The third-order valence-corrected chi connectivity index (χ3v) is 3.68. The van der Waals surface area contributed by atoms with Crippen LogP contribution in [0.4, 0.5) is 0 Å². The molecule has 1 N–H and O–H groups in total. The molecule has 3 nitrogen and oxygen atoms in total. The maximum Gasteiger partial charge on any atom is 0.119 e. The maximum atomic E-state index is 10.3. The Morgan fingerprint density at radius 2 is 1.62 bits per heavy atom. The van der Waals surface area contributed by atoms with Gasteiger partial charge in [-0.2, -0.15) is 0 Å². The predicted molar refractivity (Wildman–Crippen MR) is 81.7 cm³/mol. The average molecular weight is 284 g/mol. The molecule has 3 heteroatoms. The van der Waals surface area contributed by atoms with Gasteiger partial charge in [-0.15, -0.1) is 0 Å². The minimum Gasteiger partial charge on any atom is -0.497 e. The Bertz CT molecular complexity index is 570. The van der Waals surface area contributed by atoms with E-state index < -0.39 is 6.10 Å². The third-order valence-electron chi connectivity index (χ3n) is 3.68. The van der Waals surface area contributed by atoms with Crippen molar-refractivity contribution in [2.75, 3.05) is 7.11 Å². The molecule has 0 saturated heterocycles. The number of ether oxygens (including phenoxy) is 2. The lowest BCUT2D eigenvalue weighted by atomic mass is 10.0. The summed E-state index contributed by atoms with van der Waals surface area (Å²) in [7, 11) is 1.65. The normalized spacial score (nSPS) is 15.5. The van der Waals surface area contributed by atoms with E-state index in [1.807, 2.05) is 48.5 Å². The van der Waals surface area contributed by atoms with Gasteiger partial charge in [-0.25, -0.2) is 0 Å². The van der Waals surface area contributed by atoms with Crippen LogP contribution in [0.15, 0.2) is 48.5 Å². The van der Waals surface area contributed by atoms with Crippen LogP contribution in [0.3, 0.4) is 0 Å². The van der Waals surface area contributed by atoms with Gasteiger partial charge in [0.25, 0.3) is 0 Å². The van der Waals surface area contributed by atoms with Gasteiger partial charge in [0.1, 0.15) is 11.5 Å². The van der Waals surface area contributed by atoms with Gasteiger partial charge in [-0.1, -0.05) is 24.3 Å². The van der Waals surface area contributed by atoms with Crippen LogP contribution in [0.25, 0.3) is 0 Å². The SMILES string of the molecule is COc1ccc(CC(O)c2ccc(OC3CC3)cc2)cc1. The summed E-state index contributed by atoms with van der Waals surface area (Å²) < 4.78 is 10.8. The first-order valence-corrected chi connectivity index (χ1v) is 7.32. The van der Waals surface area contributed by atoms with E-state index in [9.17, 15) is 5.11 Å². The maximum absolute atomic E-state index is 10.3. The van der Waals surface area contributed by atoms with Gasteiger partial charge in [-0.05, 0) is 48.2 Å². The summed E-state index contributed by atoms with van der Waals surface area (Å²) in [5, 5.41) is 10.3. The van der Waals surface area contributed by atoms with E-state index in [1.165, 1.54) is 0 Å². The van der Waals surface area contributed by atoms with E-state index in [-0.39, 0.29) is 0 Å².